The van der Waals surface area contributed by atoms with Crippen LogP contribution in [0.4, 0.5) is 10.5 Å². The van der Waals surface area contributed by atoms with Crippen molar-refractivity contribution in [1.29, 1.82) is 0 Å². The summed E-state index contributed by atoms with van der Waals surface area (Å²) in [6.45, 7) is 0. The minimum absolute atomic E-state index is 0.469. The maximum absolute atomic E-state index is 12.1. The Morgan fingerprint density at radius 2 is 1.62 bits per heavy atom. The molecule has 114 valence electrons. The monoisotopic (exact) mass is 310 g/mol. The maximum atomic E-state index is 12.1. The average Bonchev–Trinajstić information content (AvgIpc) is 2.68. The normalized spacial score (nSPS) is 17.6. The first-order valence-electron chi connectivity index (χ1n) is 7.10. The van der Waals surface area contributed by atoms with Crippen LogP contribution in [0.5, 0.6) is 0 Å². The Hall–Kier alpha value is -1.75. The molecule has 1 fully saturated rings. The molecule has 0 radical (unpaired) electrons. The fourth-order valence-electron chi connectivity index (χ4n) is 2.64. The predicted molar refractivity (Wildman–Crippen MR) is 81.7 cm³/mol. The highest BCUT2D eigenvalue weighted by molar-refractivity contribution is 6.30. The minimum atomic E-state index is -1.16. The van der Waals surface area contributed by atoms with E-state index < -0.39 is 17.5 Å². The number of hydrogen-bond donors (Lipinski definition) is 3. The number of urea groups is 1. The third-order valence-corrected chi connectivity index (χ3v) is 4.07. The Labute approximate surface area is 128 Å². The molecule has 1 aromatic carbocycles. The Bertz CT molecular complexity index is 508. The summed E-state index contributed by atoms with van der Waals surface area (Å²) in [5.74, 6) is -0.962. The van der Waals surface area contributed by atoms with Crippen LogP contribution in [-0.4, -0.2) is 22.6 Å². The number of carboxylic acid groups (broad SMARTS) is 1. The quantitative estimate of drug-likeness (QED) is 0.746. The highest BCUT2D eigenvalue weighted by Gasteiger charge is 2.40. The van der Waals surface area contributed by atoms with E-state index in [1.807, 2.05) is 0 Å². The standard InChI is InChI=1S/C15H19ClN2O3/c16-11-5-7-12(8-6-11)17-14(21)18-15(13(19)20)9-3-1-2-4-10-15/h5-8H,1-4,9-10H2,(H,19,20)(H2,17,18,21). The van der Waals surface area contributed by atoms with E-state index in [-0.39, 0.29) is 0 Å². The number of anilines is 1. The third kappa shape index (κ3) is 4.11. The Kier molecular flexibility index (Phi) is 5.07. The van der Waals surface area contributed by atoms with E-state index in [4.69, 9.17) is 11.6 Å². The molecule has 21 heavy (non-hydrogen) atoms. The lowest BCUT2D eigenvalue weighted by Gasteiger charge is -2.29. The molecule has 2 amide bonds. The predicted octanol–water partition coefficient (Wildman–Crippen LogP) is 3.64. The number of benzene rings is 1. The van der Waals surface area contributed by atoms with E-state index in [9.17, 15) is 14.7 Å². The SMILES string of the molecule is O=C(Nc1ccc(Cl)cc1)NC1(C(=O)O)CCCCCC1. The number of rotatable bonds is 3. The van der Waals surface area contributed by atoms with Gasteiger partial charge in [0.1, 0.15) is 5.54 Å². The summed E-state index contributed by atoms with van der Waals surface area (Å²) in [6.07, 6.45) is 4.58. The smallest absolute Gasteiger partial charge is 0.329 e. The summed E-state index contributed by atoms with van der Waals surface area (Å²) in [5.41, 5.74) is -0.585. The van der Waals surface area contributed by atoms with Crippen LogP contribution in [0, 0.1) is 0 Å². The van der Waals surface area contributed by atoms with Gasteiger partial charge in [0.2, 0.25) is 0 Å². The number of carbonyl (C=O) groups excluding carboxylic acids is 1. The van der Waals surface area contributed by atoms with Crippen molar-refractivity contribution in [2.45, 2.75) is 44.1 Å². The Balaban J connectivity index is 2.04. The number of nitrogens with one attached hydrogen (secondary N) is 2. The Morgan fingerprint density at radius 1 is 1.05 bits per heavy atom. The summed E-state index contributed by atoms with van der Waals surface area (Å²) in [4.78, 5) is 23.7. The van der Waals surface area contributed by atoms with Gasteiger partial charge in [-0.05, 0) is 37.1 Å². The van der Waals surface area contributed by atoms with Crippen LogP contribution in [0.15, 0.2) is 24.3 Å². The van der Waals surface area contributed by atoms with Gasteiger partial charge in [0, 0.05) is 10.7 Å². The molecular formula is C15H19ClN2O3. The van der Waals surface area contributed by atoms with Crippen molar-refractivity contribution in [1.82, 2.24) is 5.32 Å². The first-order chi connectivity index (χ1) is 10.0. The van der Waals surface area contributed by atoms with Gasteiger partial charge < -0.3 is 15.7 Å². The Morgan fingerprint density at radius 3 is 2.14 bits per heavy atom. The van der Waals surface area contributed by atoms with E-state index in [1.54, 1.807) is 24.3 Å². The molecule has 0 atom stereocenters. The van der Waals surface area contributed by atoms with Crippen LogP contribution in [0.1, 0.15) is 38.5 Å². The van der Waals surface area contributed by atoms with Gasteiger partial charge in [-0.3, -0.25) is 0 Å². The second-order valence-electron chi connectivity index (χ2n) is 5.39. The van der Waals surface area contributed by atoms with Gasteiger partial charge >= 0.3 is 12.0 Å². The van der Waals surface area contributed by atoms with Crippen molar-refractivity contribution < 1.29 is 14.7 Å². The molecule has 0 saturated heterocycles. The van der Waals surface area contributed by atoms with Gasteiger partial charge in [-0.25, -0.2) is 9.59 Å². The first-order valence-corrected chi connectivity index (χ1v) is 7.48. The van der Waals surface area contributed by atoms with Gasteiger partial charge in [0.15, 0.2) is 0 Å². The van der Waals surface area contributed by atoms with Crippen molar-refractivity contribution in [2.24, 2.45) is 0 Å². The van der Waals surface area contributed by atoms with E-state index in [0.29, 0.717) is 23.6 Å². The summed E-state index contributed by atoms with van der Waals surface area (Å²) >= 11 is 5.78. The van der Waals surface area contributed by atoms with E-state index >= 15 is 0 Å². The second kappa shape index (κ2) is 6.80. The molecule has 0 bridgehead atoms. The number of halogens is 1. The summed E-state index contributed by atoms with van der Waals surface area (Å²) in [7, 11) is 0. The zero-order valence-corrected chi connectivity index (χ0v) is 12.4. The lowest BCUT2D eigenvalue weighted by molar-refractivity contribution is -0.145. The first kappa shape index (κ1) is 15.6. The molecule has 3 N–H and O–H groups in total. The van der Waals surface area contributed by atoms with Gasteiger partial charge in [0.25, 0.3) is 0 Å². The van der Waals surface area contributed by atoms with Crippen molar-refractivity contribution >= 4 is 29.3 Å². The van der Waals surface area contributed by atoms with Crippen LogP contribution in [0.25, 0.3) is 0 Å². The van der Waals surface area contributed by atoms with Gasteiger partial charge in [-0.2, -0.15) is 0 Å². The second-order valence-corrected chi connectivity index (χ2v) is 5.82. The van der Waals surface area contributed by atoms with Gasteiger partial charge in [-0.15, -0.1) is 0 Å². The van der Waals surface area contributed by atoms with Crippen molar-refractivity contribution in [3.8, 4) is 0 Å². The largest absolute Gasteiger partial charge is 0.480 e. The molecule has 1 aliphatic rings. The lowest BCUT2D eigenvalue weighted by atomic mass is 9.90. The fraction of sp³-hybridized carbons (Fsp3) is 0.467. The molecule has 0 aliphatic heterocycles. The van der Waals surface area contributed by atoms with Crippen molar-refractivity contribution in [3.63, 3.8) is 0 Å². The molecular weight excluding hydrogens is 292 g/mol. The van der Waals surface area contributed by atoms with Gasteiger partial charge in [-0.1, -0.05) is 37.3 Å². The van der Waals surface area contributed by atoms with E-state index in [2.05, 4.69) is 10.6 Å². The molecule has 0 heterocycles. The van der Waals surface area contributed by atoms with E-state index in [1.165, 1.54) is 0 Å². The van der Waals surface area contributed by atoms with Crippen LogP contribution in [0.2, 0.25) is 5.02 Å². The number of hydrogen-bond acceptors (Lipinski definition) is 2. The van der Waals surface area contributed by atoms with Gasteiger partial charge in [0.05, 0.1) is 0 Å². The van der Waals surface area contributed by atoms with Crippen LogP contribution >= 0.6 is 11.6 Å². The number of aliphatic carboxylic acids is 1. The zero-order valence-electron chi connectivity index (χ0n) is 11.7. The molecule has 1 aliphatic carbocycles. The lowest BCUT2D eigenvalue weighted by Crippen LogP contribution is -2.55. The molecule has 1 saturated carbocycles. The summed E-state index contributed by atoms with van der Waals surface area (Å²) in [6, 6.07) is 6.16. The molecule has 6 heteroatoms. The van der Waals surface area contributed by atoms with Crippen LogP contribution in [0.3, 0.4) is 0 Å². The number of carbonyl (C=O) groups is 2. The number of amides is 2. The van der Waals surface area contributed by atoms with Crippen LogP contribution in [-0.2, 0) is 4.79 Å². The van der Waals surface area contributed by atoms with Crippen molar-refractivity contribution in [3.05, 3.63) is 29.3 Å². The van der Waals surface area contributed by atoms with E-state index in [0.717, 1.165) is 25.7 Å². The topological polar surface area (TPSA) is 78.4 Å². The van der Waals surface area contributed by atoms with Crippen molar-refractivity contribution in [2.75, 3.05) is 5.32 Å². The summed E-state index contributed by atoms with van der Waals surface area (Å²) in [5, 5.41) is 15.4. The fourth-order valence-corrected chi connectivity index (χ4v) is 2.76. The highest BCUT2D eigenvalue weighted by atomic mass is 35.5. The third-order valence-electron chi connectivity index (χ3n) is 3.82. The molecule has 0 spiro atoms. The molecule has 2 rings (SSSR count). The average molecular weight is 311 g/mol. The van der Waals surface area contributed by atoms with Crippen LogP contribution < -0.4 is 10.6 Å². The minimum Gasteiger partial charge on any atom is -0.480 e. The molecule has 1 aromatic rings. The zero-order chi connectivity index (χ0) is 15.3. The molecule has 5 nitrogen and oxygen atoms in total. The molecule has 0 aromatic heterocycles. The maximum Gasteiger partial charge on any atom is 0.329 e. The molecule has 0 unspecified atom stereocenters. The number of carboxylic acids is 1. The highest BCUT2D eigenvalue weighted by Crippen LogP contribution is 2.27. The summed E-state index contributed by atoms with van der Waals surface area (Å²) < 4.78 is 0.